The number of hydrogen-bond donors (Lipinski definition) is 0. The molecule has 0 saturated heterocycles. The van der Waals surface area contributed by atoms with Gasteiger partial charge in [0.05, 0.1) is 0 Å². The van der Waals surface area contributed by atoms with Gasteiger partial charge in [0.2, 0.25) is 0 Å². The third-order valence-corrected chi connectivity index (χ3v) is 21.1. The normalized spacial score (nSPS) is 40.7. The molecule has 67 heavy (non-hydrogen) atoms. The Morgan fingerprint density at radius 1 is 0.448 bits per heavy atom. The number of carbonyl (C=O) groups excluding carboxylic acids is 3. The van der Waals surface area contributed by atoms with Crippen LogP contribution in [0.15, 0.2) is 69.9 Å². The van der Waals surface area contributed by atoms with Gasteiger partial charge in [-0.05, 0) is 183 Å². The Morgan fingerprint density at radius 2 is 0.687 bits per heavy atom. The summed E-state index contributed by atoms with van der Waals surface area (Å²) in [6.07, 6.45) is 32.9. The predicted octanol–water partition coefficient (Wildman–Crippen LogP) is 11.6. The van der Waals surface area contributed by atoms with Gasteiger partial charge in [-0.3, -0.25) is 0 Å². The predicted molar refractivity (Wildman–Crippen MR) is 261 cm³/mol. The van der Waals surface area contributed by atoms with Crippen molar-refractivity contribution in [2.45, 2.75) is 199 Å². The molecule has 9 aliphatic rings. The molecular weight excluding hydrogens is 872 g/mol. The Labute approximate surface area is 417 Å². The van der Waals surface area contributed by atoms with E-state index in [4.69, 9.17) is 0 Å². The van der Waals surface area contributed by atoms with E-state index < -0.39 is 34.2 Å². The van der Waals surface area contributed by atoms with Crippen LogP contribution < -0.4 is 15.3 Å². The molecule has 0 aromatic carbocycles. The molecule has 0 amide bonds. The standard InChI is InChI=1S/3C20H30O2.Fe/c3*1-13(2)14-6-8-16-15(12-14)7-9-17-19(16,3)10-5-11-20(17,4)18(21)22;/h3*7,12-13,16-17H,5-6,8-11H2,1-4H3,(H,21,22);/q;;;+3/p-3/t3*16-,17?,19-,20+;/m111./s1. The average molecular weight is 960 g/mol. The summed E-state index contributed by atoms with van der Waals surface area (Å²) in [5, 5.41) is 35.5. The van der Waals surface area contributed by atoms with Gasteiger partial charge in [-0.1, -0.05) is 156 Å². The number of hydrogen-bond acceptors (Lipinski definition) is 6. The zero-order chi connectivity index (χ0) is 48.4. The van der Waals surface area contributed by atoms with Crippen molar-refractivity contribution in [3.63, 3.8) is 0 Å². The minimum atomic E-state index is -0.838. The van der Waals surface area contributed by atoms with Crippen molar-refractivity contribution in [2.24, 2.45) is 85.8 Å². The molecule has 371 valence electrons. The molecule has 1 radical (unpaired) electrons. The third kappa shape index (κ3) is 9.40. The van der Waals surface area contributed by atoms with Crippen molar-refractivity contribution in [1.29, 1.82) is 0 Å². The van der Waals surface area contributed by atoms with Crippen LogP contribution in [0.1, 0.15) is 199 Å². The van der Waals surface area contributed by atoms with Crippen LogP contribution in [-0.4, -0.2) is 17.9 Å². The van der Waals surface area contributed by atoms with E-state index in [0.29, 0.717) is 35.5 Å². The van der Waals surface area contributed by atoms with E-state index in [-0.39, 0.29) is 51.1 Å². The maximum absolute atomic E-state index is 11.8. The molecule has 9 rings (SSSR count). The second kappa shape index (κ2) is 19.9. The van der Waals surface area contributed by atoms with E-state index >= 15 is 0 Å². The Bertz CT molecular complexity index is 1870. The number of carboxylic acids is 3. The minimum Gasteiger partial charge on any atom is -0.550 e. The summed E-state index contributed by atoms with van der Waals surface area (Å²) in [4.78, 5) is 35.5. The number of allylic oxidation sites excluding steroid dienone is 12. The van der Waals surface area contributed by atoms with E-state index in [2.05, 4.69) is 98.8 Å². The summed E-state index contributed by atoms with van der Waals surface area (Å²) in [6, 6.07) is 0. The van der Waals surface area contributed by atoms with E-state index in [1.807, 2.05) is 20.8 Å². The molecule has 0 heterocycles. The Balaban J connectivity index is 0.000000165. The molecule has 12 atom stereocenters. The second-order valence-electron chi connectivity index (χ2n) is 25.6. The molecule has 7 heteroatoms. The van der Waals surface area contributed by atoms with Crippen molar-refractivity contribution in [3.05, 3.63) is 69.9 Å². The van der Waals surface area contributed by atoms with Gasteiger partial charge in [0.15, 0.2) is 0 Å². The number of rotatable bonds is 6. The maximum atomic E-state index is 11.8. The molecule has 0 aliphatic heterocycles. The zero-order valence-electron chi connectivity index (χ0n) is 43.7. The summed E-state index contributed by atoms with van der Waals surface area (Å²) in [5.41, 5.74) is 7.52. The van der Waals surface area contributed by atoms with Gasteiger partial charge in [0.25, 0.3) is 0 Å². The number of fused-ring (bicyclic) bond motifs is 9. The van der Waals surface area contributed by atoms with Crippen molar-refractivity contribution in [3.8, 4) is 0 Å². The number of aliphatic carboxylic acids is 3. The molecule has 3 unspecified atom stereocenters. The smallest absolute Gasteiger partial charge is 0.550 e. The number of carboxylic acid groups (broad SMARTS) is 3. The summed E-state index contributed by atoms with van der Waals surface area (Å²) in [6.45, 7) is 26.5. The first-order chi connectivity index (χ1) is 30.9. The van der Waals surface area contributed by atoms with E-state index in [1.54, 1.807) is 16.7 Å². The van der Waals surface area contributed by atoms with Gasteiger partial charge in [-0.2, -0.15) is 0 Å². The Morgan fingerprint density at radius 3 is 0.896 bits per heavy atom. The van der Waals surface area contributed by atoms with E-state index in [1.165, 1.54) is 55.2 Å². The van der Waals surface area contributed by atoms with Crippen LogP contribution in [0.25, 0.3) is 0 Å². The SMILES string of the molecule is CC(C)C1=CC2=CCC3[C@](C)(CCC[C@]3(C)C(=O)[O-])[C@@H]2CC1.CC(C)C1=CC2=CCC3[C@](C)(CCC[C@]3(C)C(=O)[O-])[C@@H]2CC1.CC(C)C1=CC2=CCC3[C@](C)(CCC[C@]3(C)C(=O)[O-])[C@@H]2CC1.[Fe+3]. The van der Waals surface area contributed by atoms with Crippen LogP contribution in [-0.2, 0) is 31.5 Å². The fourth-order valence-corrected chi connectivity index (χ4v) is 16.8. The van der Waals surface area contributed by atoms with Crippen LogP contribution in [0, 0.1) is 85.8 Å². The van der Waals surface area contributed by atoms with Gasteiger partial charge < -0.3 is 29.7 Å². The molecule has 3 saturated carbocycles. The van der Waals surface area contributed by atoms with Crippen molar-refractivity contribution >= 4 is 17.9 Å². The third-order valence-electron chi connectivity index (χ3n) is 21.1. The van der Waals surface area contributed by atoms with Crippen LogP contribution in [0.5, 0.6) is 0 Å². The van der Waals surface area contributed by atoms with E-state index in [0.717, 1.165) is 77.0 Å². The largest absolute Gasteiger partial charge is 3.00 e. The topological polar surface area (TPSA) is 120 Å². The first kappa shape index (κ1) is 53.7. The number of carbonyl (C=O) groups is 3. The zero-order valence-corrected chi connectivity index (χ0v) is 44.8. The van der Waals surface area contributed by atoms with Gasteiger partial charge in [0.1, 0.15) is 0 Å². The van der Waals surface area contributed by atoms with Crippen LogP contribution in [0.3, 0.4) is 0 Å². The summed E-state index contributed by atoms with van der Waals surface area (Å²) in [5.74, 6) is 1.61. The molecule has 6 nitrogen and oxygen atoms in total. The van der Waals surface area contributed by atoms with Gasteiger partial charge in [0, 0.05) is 34.2 Å². The second-order valence-corrected chi connectivity index (χ2v) is 25.6. The molecular formula is C60H87FeO6. The summed E-state index contributed by atoms with van der Waals surface area (Å²) < 4.78 is 0. The van der Waals surface area contributed by atoms with E-state index in [9.17, 15) is 29.7 Å². The minimum absolute atomic E-state index is 0. The molecule has 3 fully saturated rings. The maximum Gasteiger partial charge on any atom is 3.00 e. The fourth-order valence-electron chi connectivity index (χ4n) is 16.8. The molecule has 9 aliphatic carbocycles. The summed E-state index contributed by atoms with van der Waals surface area (Å²) >= 11 is 0. The average Bonchev–Trinajstić information content (AvgIpc) is 3.26. The first-order valence-corrected chi connectivity index (χ1v) is 26.7. The fraction of sp³-hybridized carbons (Fsp3) is 0.750. The monoisotopic (exact) mass is 960 g/mol. The van der Waals surface area contributed by atoms with Crippen LogP contribution >= 0.6 is 0 Å². The Hall–Kier alpha value is -2.63. The van der Waals surface area contributed by atoms with Crippen molar-refractivity contribution < 1.29 is 46.8 Å². The molecule has 0 N–H and O–H groups in total. The van der Waals surface area contributed by atoms with Crippen molar-refractivity contribution in [1.82, 2.24) is 0 Å². The first-order valence-electron chi connectivity index (χ1n) is 26.7. The molecule has 0 bridgehead atoms. The molecule has 0 spiro atoms. The molecule has 0 aromatic heterocycles. The van der Waals surface area contributed by atoms with Crippen LogP contribution in [0.2, 0.25) is 0 Å². The van der Waals surface area contributed by atoms with Gasteiger partial charge >= 0.3 is 17.1 Å². The summed E-state index contributed by atoms with van der Waals surface area (Å²) in [7, 11) is 0. The Kier molecular flexibility index (Phi) is 15.9. The van der Waals surface area contributed by atoms with Gasteiger partial charge in [-0.15, -0.1) is 0 Å². The quantitative estimate of drug-likeness (QED) is 0.245. The van der Waals surface area contributed by atoms with Crippen molar-refractivity contribution in [2.75, 3.05) is 0 Å². The van der Waals surface area contributed by atoms with Gasteiger partial charge in [-0.25, -0.2) is 0 Å². The molecule has 0 aromatic rings. The van der Waals surface area contributed by atoms with Crippen LogP contribution in [0.4, 0.5) is 0 Å².